The fourth-order valence-corrected chi connectivity index (χ4v) is 1.71. The van der Waals surface area contributed by atoms with Crippen LogP contribution in [-0.2, 0) is 4.79 Å². The maximum Gasteiger partial charge on any atom is 0.216 e. The lowest BCUT2D eigenvalue weighted by Gasteiger charge is -2.20. The van der Waals surface area contributed by atoms with Gasteiger partial charge in [0.25, 0.3) is 0 Å². The van der Waals surface area contributed by atoms with Gasteiger partial charge in [-0.05, 0) is 18.6 Å². The van der Waals surface area contributed by atoms with Gasteiger partial charge < -0.3 is 25.4 Å². The van der Waals surface area contributed by atoms with Gasteiger partial charge in [-0.25, -0.2) is 0 Å². The van der Waals surface area contributed by atoms with Crippen molar-refractivity contribution >= 4 is 5.91 Å². The molecule has 0 aliphatic heterocycles. The fraction of sp³-hybridized carbons (Fsp3) is 0.462. The molecule has 1 amide bonds. The Morgan fingerprint density at radius 3 is 2.68 bits per heavy atom. The van der Waals surface area contributed by atoms with Crippen LogP contribution in [-0.4, -0.2) is 41.0 Å². The molecule has 0 aliphatic rings. The first kappa shape index (κ1) is 15.3. The number of nitrogens with one attached hydrogen (secondary N) is 1. The van der Waals surface area contributed by atoms with Gasteiger partial charge in [0, 0.05) is 25.1 Å². The van der Waals surface area contributed by atoms with E-state index in [-0.39, 0.29) is 24.6 Å². The van der Waals surface area contributed by atoms with E-state index in [1.165, 1.54) is 32.2 Å². The highest BCUT2D eigenvalue weighted by Crippen LogP contribution is 2.31. The smallest absolute Gasteiger partial charge is 0.216 e. The van der Waals surface area contributed by atoms with Crippen molar-refractivity contribution < 1.29 is 24.9 Å². The number of methoxy groups -OCH3 is 1. The number of aliphatic hydroxyl groups is 2. The molecule has 1 aromatic rings. The summed E-state index contributed by atoms with van der Waals surface area (Å²) >= 11 is 0. The lowest BCUT2D eigenvalue weighted by molar-refractivity contribution is -0.119. The van der Waals surface area contributed by atoms with Crippen molar-refractivity contribution in [2.24, 2.45) is 0 Å². The van der Waals surface area contributed by atoms with Gasteiger partial charge in [0.15, 0.2) is 0 Å². The van der Waals surface area contributed by atoms with Gasteiger partial charge in [-0.15, -0.1) is 0 Å². The SMILES string of the molecule is COc1cc(O)ccc1C(O)C(O)CCNC(C)=O. The molecule has 1 aromatic carbocycles. The van der Waals surface area contributed by atoms with E-state index in [4.69, 9.17) is 4.74 Å². The minimum atomic E-state index is -1.15. The van der Waals surface area contributed by atoms with E-state index in [1.54, 1.807) is 0 Å². The molecular weight excluding hydrogens is 250 g/mol. The Bertz CT molecular complexity index is 435. The normalized spacial score (nSPS) is 13.7. The molecule has 2 atom stereocenters. The molecule has 0 fully saturated rings. The third-order valence-electron chi connectivity index (χ3n) is 2.71. The maximum absolute atomic E-state index is 10.7. The van der Waals surface area contributed by atoms with E-state index >= 15 is 0 Å². The van der Waals surface area contributed by atoms with Crippen molar-refractivity contribution in [3.05, 3.63) is 23.8 Å². The van der Waals surface area contributed by atoms with Crippen LogP contribution < -0.4 is 10.1 Å². The third kappa shape index (κ3) is 4.42. The lowest BCUT2D eigenvalue weighted by Crippen LogP contribution is -2.27. The van der Waals surface area contributed by atoms with Crippen LogP contribution >= 0.6 is 0 Å². The van der Waals surface area contributed by atoms with Gasteiger partial charge in [-0.3, -0.25) is 4.79 Å². The summed E-state index contributed by atoms with van der Waals surface area (Å²) in [6.45, 7) is 1.65. The highest BCUT2D eigenvalue weighted by atomic mass is 16.5. The lowest BCUT2D eigenvalue weighted by atomic mass is 10.0. The second kappa shape index (κ2) is 6.96. The standard InChI is InChI=1S/C13H19NO5/c1-8(15)14-6-5-11(17)13(18)10-4-3-9(16)7-12(10)19-2/h3-4,7,11,13,16-18H,5-6H2,1-2H3,(H,14,15). The van der Waals surface area contributed by atoms with Crippen molar-refractivity contribution in [3.8, 4) is 11.5 Å². The highest BCUT2D eigenvalue weighted by molar-refractivity contribution is 5.72. The second-order valence-electron chi connectivity index (χ2n) is 4.21. The zero-order chi connectivity index (χ0) is 14.4. The van der Waals surface area contributed by atoms with Crippen LogP contribution in [0.4, 0.5) is 0 Å². The summed E-state index contributed by atoms with van der Waals surface area (Å²) < 4.78 is 5.04. The number of amides is 1. The largest absolute Gasteiger partial charge is 0.508 e. The van der Waals surface area contributed by atoms with Crippen LogP contribution in [0.25, 0.3) is 0 Å². The monoisotopic (exact) mass is 269 g/mol. The molecule has 0 aromatic heterocycles. The van der Waals surface area contributed by atoms with Gasteiger partial charge in [-0.1, -0.05) is 0 Å². The molecule has 0 saturated carbocycles. The molecule has 1 rings (SSSR count). The Labute approximate surface area is 111 Å². The highest BCUT2D eigenvalue weighted by Gasteiger charge is 2.21. The average Bonchev–Trinajstić information content (AvgIpc) is 2.37. The molecule has 0 heterocycles. The van der Waals surface area contributed by atoms with Gasteiger partial charge in [0.1, 0.15) is 17.6 Å². The molecule has 0 radical (unpaired) electrons. The fourth-order valence-electron chi connectivity index (χ4n) is 1.71. The Kier molecular flexibility index (Phi) is 5.59. The van der Waals surface area contributed by atoms with Crippen LogP contribution in [0.1, 0.15) is 25.0 Å². The first-order valence-corrected chi connectivity index (χ1v) is 5.93. The molecular formula is C13H19NO5. The number of phenols is 1. The number of hydrogen-bond donors (Lipinski definition) is 4. The van der Waals surface area contributed by atoms with E-state index in [9.17, 15) is 20.1 Å². The Balaban J connectivity index is 2.70. The molecule has 6 nitrogen and oxygen atoms in total. The number of rotatable bonds is 6. The summed E-state index contributed by atoms with van der Waals surface area (Å²) in [6.07, 6.45) is -1.97. The van der Waals surface area contributed by atoms with E-state index in [0.29, 0.717) is 11.3 Å². The summed E-state index contributed by atoms with van der Waals surface area (Å²) in [5.74, 6) is 0.121. The summed E-state index contributed by atoms with van der Waals surface area (Å²) in [5.41, 5.74) is 0.385. The first-order chi connectivity index (χ1) is 8.95. The molecule has 6 heteroatoms. The molecule has 106 valence electrons. The van der Waals surface area contributed by atoms with E-state index < -0.39 is 12.2 Å². The molecule has 4 N–H and O–H groups in total. The predicted molar refractivity (Wildman–Crippen MR) is 68.9 cm³/mol. The average molecular weight is 269 g/mol. The van der Waals surface area contributed by atoms with Crippen LogP contribution in [0.15, 0.2) is 18.2 Å². The van der Waals surface area contributed by atoms with Crippen molar-refractivity contribution in [2.75, 3.05) is 13.7 Å². The minimum Gasteiger partial charge on any atom is -0.508 e. The number of aliphatic hydroxyl groups excluding tert-OH is 2. The summed E-state index contributed by atoms with van der Waals surface area (Å²) in [4.78, 5) is 10.7. The van der Waals surface area contributed by atoms with Crippen LogP contribution in [0, 0.1) is 0 Å². The number of phenolic OH excluding ortho intramolecular Hbond substituents is 1. The van der Waals surface area contributed by atoms with Gasteiger partial charge in [-0.2, -0.15) is 0 Å². The van der Waals surface area contributed by atoms with E-state index in [1.807, 2.05) is 0 Å². The van der Waals surface area contributed by atoms with Crippen molar-refractivity contribution in [1.82, 2.24) is 5.32 Å². The van der Waals surface area contributed by atoms with Crippen LogP contribution in [0.3, 0.4) is 0 Å². The molecule has 2 unspecified atom stereocenters. The first-order valence-electron chi connectivity index (χ1n) is 5.93. The topological polar surface area (TPSA) is 99.0 Å². The number of benzene rings is 1. The van der Waals surface area contributed by atoms with E-state index in [2.05, 4.69) is 5.32 Å². The number of aromatic hydroxyl groups is 1. The van der Waals surface area contributed by atoms with Crippen molar-refractivity contribution in [2.45, 2.75) is 25.6 Å². The Morgan fingerprint density at radius 2 is 2.11 bits per heavy atom. The van der Waals surface area contributed by atoms with Crippen LogP contribution in [0.5, 0.6) is 11.5 Å². The predicted octanol–water partition coefficient (Wildman–Crippen LogP) is 0.321. The summed E-state index contributed by atoms with van der Waals surface area (Å²) in [6, 6.07) is 4.25. The van der Waals surface area contributed by atoms with E-state index in [0.717, 1.165) is 0 Å². The zero-order valence-corrected chi connectivity index (χ0v) is 11.0. The molecule has 0 saturated heterocycles. The minimum absolute atomic E-state index is 0.0144. The van der Waals surface area contributed by atoms with Gasteiger partial charge >= 0.3 is 0 Å². The van der Waals surface area contributed by atoms with Gasteiger partial charge in [0.2, 0.25) is 5.91 Å². The number of hydrogen-bond acceptors (Lipinski definition) is 5. The number of carbonyl (C=O) groups is 1. The molecule has 0 bridgehead atoms. The van der Waals surface area contributed by atoms with Crippen molar-refractivity contribution in [3.63, 3.8) is 0 Å². The summed E-state index contributed by atoms with van der Waals surface area (Å²) in [7, 11) is 1.41. The molecule has 19 heavy (non-hydrogen) atoms. The van der Waals surface area contributed by atoms with Crippen molar-refractivity contribution in [1.29, 1.82) is 0 Å². The Hall–Kier alpha value is -1.79. The van der Waals surface area contributed by atoms with Gasteiger partial charge in [0.05, 0.1) is 13.2 Å². The maximum atomic E-state index is 10.7. The molecule has 0 spiro atoms. The van der Waals surface area contributed by atoms with Crippen LogP contribution in [0.2, 0.25) is 0 Å². The third-order valence-corrected chi connectivity index (χ3v) is 2.71. The Morgan fingerprint density at radius 1 is 1.42 bits per heavy atom. The molecule has 0 aliphatic carbocycles. The quantitative estimate of drug-likeness (QED) is 0.596. The number of ether oxygens (including phenoxy) is 1. The zero-order valence-electron chi connectivity index (χ0n) is 11.0. The second-order valence-corrected chi connectivity index (χ2v) is 4.21. The summed E-state index contributed by atoms with van der Waals surface area (Å²) in [5, 5.41) is 31.7. The number of carbonyl (C=O) groups excluding carboxylic acids is 1.